The molecule has 0 unspecified atom stereocenters. The second-order valence-corrected chi connectivity index (χ2v) is 6.76. The maximum atomic E-state index is 12.4. The van der Waals surface area contributed by atoms with Crippen LogP contribution in [0.2, 0.25) is 0 Å². The first-order chi connectivity index (χ1) is 12.7. The number of amides is 1. The van der Waals surface area contributed by atoms with Crippen LogP contribution in [0.25, 0.3) is 0 Å². The molecule has 1 N–H and O–H groups in total. The number of benzene rings is 2. The van der Waals surface area contributed by atoms with Crippen molar-refractivity contribution in [1.82, 2.24) is 5.32 Å². The number of methoxy groups -OCH3 is 1. The van der Waals surface area contributed by atoms with Crippen LogP contribution in [0.5, 0.6) is 5.75 Å². The van der Waals surface area contributed by atoms with E-state index in [2.05, 4.69) is 35.3 Å². The lowest BCUT2D eigenvalue weighted by molar-refractivity contribution is 0.0951. The summed E-state index contributed by atoms with van der Waals surface area (Å²) in [4.78, 5) is 14.9. The molecule has 26 heavy (non-hydrogen) atoms. The highest BCUT2D eigenvalue weighted by Gasteiger charge is 2.16. The van der Waals surface area contributed by atoms with Gasteiger partial charge in [-0.2, -0.15) is 0 Å². The van der Waals surface area contributed by atoms with Crippen molar-refractivity contribution in [3.05, 3.63) is 59.2 Å². The average molecular weight is 352 g/mol. The van der Waals surface area contributed by atoms with Gasteiger partial charge in [-0.05, 0) is 55.0 Å². The summed E-state index contributed by atoms with van der Waals surface area (Å²) in [7, 11) is 1.58. The lowest BCUT2D eigenvalue weighted by atomic mass is 9.98. The van der Waals surface area contributed by atoms with Gasteiger partial charge >= 0.3 is 0 Å². The molecule has 4 nitrogen and oxygen atoms in total. The second-order valence-electron chi connectivity index (χ2n) is 6.76. The molecule has 2 aromatic rings. The van der Waals surface area contributed by atoms with Crippen LogP contribution in [-0.4, -0.2) is 32.7 Å². The topological polar surface area (TPSA) is 41.6 Å². The molecule has 138 valence electrons. The van der Waals surface area contributed by atoms with Crippen LogP contribution in [0.4, 0.5) is 5.69 Å². The molecule has 1 heterocycles. The molecule has 4 heteroatoms. The van der Waals surface area contributed by atoms with Crippen LogP contribution in [0.1, 0.15) is 41.3 Å². The number of ether oxygens (including phenoxy) is 1. The number of nitrogens with one attached hydrogen (secondary N) is 1. The van der Waals surface area contributed by atoms with Gasteiger partial charge in [-0.25, -0.2) is 0 Å². The number of aryl methyl sites for hydroxylation is 1. The zero-order valence-corrected chi connectivity index (χ0v) is 15.8. The van der Waals surface area contributed by atoms with Crippen molar-refractivity contribution in [3.8, 4) is 5.75 Å². The first-order valence-corrected chi connectivity index (χ1v) is 9.51. The molecular formula is C22H28N2O2. The van der Waals surface area contributed by atoms with Gasteiger partial charge in [-0.1, -0.05) is 31.2 Å². The minimum Gasteiger partial charge on any atom is -0.496 e. The number of anilines is 1. The van der Waals surface area contributed by atoms with Gasteiger partial charge in [0, 0.05) is 25.3 Å². The zero-order chi connectivity index (χ0) is 18.4. The van der Waals surface area contributed by atoms with E-state index in [1.165, 1.54) is 29.7 Å². The Hall–Kier alpha value is -2.49. The van der Waals surface area contributed by atoms with Crippen LogP contribution < -0.4 is 15.0 Å². The summed E-state index contributed by atoms with van der Waals surface area (Å²) in [5.41, 5.74) is 4.69. The van der Waals surface area contributed by atoms with E-state index in [9.17, 15) is 4.79 Å². The third-order valence-electron chi connectivity index (χ3n) is 4.90. The van der Waals surface area contributed by atoms with Crippen LogP contribution in [0, 0.1) is 0 Å². The van der Waals surface area contributed by atoms with Gasteiger partial charge in [-0.15, -0.1) is 0 Å². The van der Waals surface area contributed by atoms with Crippen molar-refractivity contribution in [1.29, 1.82) is 0 Å². The molecule has 0 radical (unpaired) electrons. The Balaban J connectivity index is 1.59. The maximum absolute atomic E-state index is 12.4. The Kier molecular flexibility index (Phi) is 6.16. The molecule has 0 atom stereocenters. The Morgan fingerprint density at radius 3 is 2.88 bits per heavy atom. The lowest BCUT2D eigenvalue weighted by Gasteiger charge is -2.31. The van der Waals surface area contributed by atoms with E-state index in [4.69, 9.17) is 4.74 Å². The third kappa shape index (κ3) is 4.18. The van der Waals surface area contributed by atoms with Crippen molar-refractivity contribution >= 4 is 11.6 Å². The fraction of sp³-hybridized carbons (Fsp3) is 0.409. The summed E-state index contributed by atoms with van der Waals surface area (Å²) in [6.45, 7) is 5.14. The van der Waals surface area contributed by atoms with Crippen LogP contribution in [0.15, 0.2) is 42.5 Å². The zero-order valence-electron chi connectivity index (χ0n) is 15.8. The molecule has 0 spiro atoms. The number of carbonyl (C=O) groups excluding carboxylic acids is 1. The van der Waals surface area contributed by atoms with Gasteiger partial charge < -0.3 is 15.0 Å². The predicted molar refractivity (Wildman–Crippen MR) is 106 cm³/mol. The summed E-state index contributed by atoms with van der Waals surface area (Å²) in [6, 6.07) is 14.1. The van der Waals surface area contributed by atoms with E-state index in [1.54, 1.807) is 19.2 Å². The van der Waals surface area contributed by atoms with Crippen LogP contribution in [0.3, 0.4) is 0 Å². The van der Waals surface area contributed by atoms with E-state index >= 15 is 0 Å². The highest BCUT2D eigenvalue weighted by molar-refractivity contribution is 5.96. The second kappa shape index (κ2) is 8.75. The standard InChI is InChI=1S/C22H28N2O2/c1-3-14-24-15-6-7-18-16-17(10-11-20(18)24)12-13-23-22(25)19-8-4-5-9-21(19)26-2/h4-5,8-11,16H,3,6-7,12-15H2,1-2H3,(H,23,25). The quantitative estimate of drug-likeness (QED) is 0.823. The van der Waals surface area contributed by atoms with Crippen LogP contribution >= 0.6 is 0 Å². The van der Waals surface area contributed by atoms with Crippen molar-refractivity contribution in [2.45, 2.75) is 32.6 Å². The van der Waals surface area contributed by atoms with Gasteiger partial charge in [0.05, 0.1) is 12.7 Å². The lowest BCUT2D eigenvalue weighted by Crippen LogP contribution is -2.30. The molecule has 1 aliphatic rings. The van der Waals surface area contributed by atoms with Crippen molar-refractivity contribution in [2.75, 3.05) is 31.6 Å². The largest absolute Gasteiger partial charge is 0.496 e. The molecule has 0 saturated heterocycles. The number of para-hydroxylation sites is 1. The highest BCUT2D eigenvalue weighted by atomic mass is 16.5. The SMILES string of the molecule is CCCN1CCCc2cc(CCNC(=O)c3ccccc3OC)ccc21. The molecule has 0 fully saturated rings. The van der Waals surface area contributed by atoms with E-state index in [1.807, 2.05) is 12.1 Å². The highest BCUT2D eigenvalue weighted by Crippen LogP contribution is 2.28. The molecule has 0 bridgehead atoms. The molecule has 1 amide bonds. The Morgan fingerprint density at radius 1 is 1.23 bits per heavy atom. The fourth-order valence-electron chi connectivity index (χ4n) is 3.63. The number of rotatable bonds is 7. The minimum absolute atomic E-state index is 0.0884. The smallest absolute Gasteiger partial charge is 0.255 e. The van der Waals surface area contributed by atoms with Crippen molar-refractivity contribution in [3.63, 3.8) is 0 Å². The molecule has 0 saturated carbocycles. The van der Waals surface area contributed by atoms with Gasteiger partial charge in [0.1, 0.15) is 5.75 Å². The third-order valence-corrected chi connectivity index (χ3v) is 4.90. The van der Waals surface area contributed by atoms with Gasteiger partial charge in [-0.3, -0.25) is 4.79 Å². The molecule has 2 aromatic carbocycles. The van der Waals surface area contributed by atoms with E-state index < -0.39 is 0 Å². The number of hydrogen-bond acceptors (Lipinski definition) is 3. The van der Waals surface area contributed by atoms with E-state index in [0.29, 0.717) is 17.9 Å². The summed E-state index contributed by atoms with van der Waals surface area (Å²) in [5.74, 6) is 0.518. The molecule has 3 rings (SSSR count). The van der Waals surface area contributed by atoms with Gasteiger partial charge in [0.2, 0.25) is 0 Å². The van der Waals surface area contributed by atoms with Crippen LogP contribution in [-0.2, 0) is 12.8 Å². The molecule has 0 aromatic heterocycles. The molecular weight excluding hydrogens is 324 g/mol. The van der Waals surface area contributed by atoms with Gasteiger partial charge in [0.15, 0.2) is 0 Å². The summed E-state index contributed by atoms with van der Waals surface area (Å²) in [5, 5.41) is 3.00. The van der Waals surface area contributed by atoms with Crippen molar-refractivity contribution in [2.24, 2.45) is 0 Å². The van der Waals surface area contributed by atoms with Crippen molar-refractivity contribution < 1.29 is 9.53 Å². The Labute approximate surface area is 156 Å². The Morgan fingerprint density at radius 2 is 2.08 bits per heavy atom. The first kappa shape index (κ1) is 18.3. The molecule has 1 aliphatic heterocycles. The monoisotopic (exact) mass is 352 g/mol. The first-order valence-electron chi connectivity index (χ1n) is 9.51. The summed E-state index contributed by atoms with van der Waals surface area (Å²) < 4.78 is 5.26. The normalized spacial score (nSPS) is 13.2. The number of nitrogens with zero attached hydrogens (tertiary/aromatic N) is 1. The number of fused-ring (bicyclic) bond motifs is 1. The Bertz CT molecular complexity index is 758. The maximum Gasteiger partial charge on any atom is 0.255 e. The van der Waals surface area contributed by atoms with Gasteiger partial charge in [0.25, 0.3) is 5.91 Å². The number of carbonyl (C=O) groups is 1. The fourth-order valence-corrected chi connectivity index (χ4v) is 3.63. The van der Waals surface area contributed by atoms with E-state index in [-0.39, 0.29) is 5.91 Å². The summed E-state index contributed by atoms with van der Waals surface area (Å²) in [6.07, 6.45) is 4.38. The number of hydrogen-bond donors (Lipinski definition) is 1. The minimum atomic E-state index is -0.0884. The predicted octanol–water partition coefficient (Wildman–Crippen LogP) is 3.83. The molecule has 0 aliphatic carbocycles. The average Bonchev–Trinajstić information content (AvgIpc) is 2.68. The summed E-state index contributed by atoms with van der Waals surface area (Å²) >= 11 is 0. The van der Waals surface area contributed by atoms with E-state index in [0.717, 1.165) is 25.9 Å².